The molecule has 6 heteroatoms. The number of carbonyl (C=O) groups is 2. The van der Waals surface area contributed by atoms with Gasteiger partial charge in [-0.1, -0.05) is 48.1 Å². The van der Waals surface area contributed by atoms with Gasteiger partial charge in [-0.3, -0.25) is 4.79 Å². The Balaban J connectivity index is 2.19. The molecule has 0 radical (unpaired) electrons. The fourth-order valence-electron chi connectivity index (χ4n) is 2.69. The summed E-state index contributed by atoms with van der Waals surface area (Å²) in [4.78, 5) is 28.8. The molecule has 0 saturated heterocycles. The molecule has 1 N–H and O–H groups in total. The summed E-state index contributed by atoms with van der Waals surface area (Å²) in [5.41, 5.74) is 2.32. The maximum Gasteiger partial charge on any atom is 0.326 e. The lowest BCUT2D eigenvalue weighted by Crippen LogP contribution is -2.27. The maximum absolute atomic E-state index is 12.5. The van der Waals surface area contributed by atoms with E-state index < -0.39 is 12.0 Å². The highest BCUT2D eigenvalue weighted by Crippen LogP contribution is 2.22. The minimum atomic E-state index is -0.935. The Bertz CT molecular complexity index is 999. The van der Waals surface area contributed by atoms with E-state index in [4.69, 9.17) is 0 Å². The van der Waals surface area contributed by atoms with Crippen LogP contribution in [0, 0.1) is 6.92 Å². The molecule has 1 unspecified atom stereocenters. The molecular weight excluding hydrogens is 336 g/mol. The second-order valence-corrected chi connectivity index (χ2v) is 6.78. The molecule has 0 aliphatic carbocycles. The SMILES string of the molecule is CCC(C(=O)O)n1/c(=N/C(=O)c2ccc(C)cc2)sc2ccccc21. The topological polar surface area (TPSA) is 71.7 Å². The summed E-state index contributed by atoms with van der Waals surface area (Å²) in [6.45, 7) is 3.76. The predicted octanol–water partition coefficient (Wildman–Crippen LogP) is 3.79. The van der Waals surface area contributed by atoms with Crippen LogP contribution in [0.4, 0.5) is 0 Å². The number of benzene rings is 2. The van der Waals surface area contributed by atoms with Crippen LogP contribution in [-0.4, -0.2) is 21.6 Å². The predicted molar refractivity (Wildman–Crippen MR) is 97.9 cm³/mol. The van der Waals surface area contributed by atoms with Gasteiger partial charge in [0.2, 0.25) is 0 Å². The molecule has 0 spiro atoms. The number of aryl methyl sites for hydroxylation is 1. The van der Waals surface area contributed by atoms with Crippen molar-refractivity contribution in [1.82, 2.24) is 4.57 Å². The highest BCUT2D eigenvalue weighted by molar-refractivity contribution is 7.16. The van der Waals surface area contributed by atoms with Crippen LogP contribution in [0.25, 0.3) is 10.2 Å². The third-order valence-electron chi connectivity index (χ3n) is 4.01. The first kappa shape index (κ1) is 17.1. The fourth-order valence-corrected chi connectivity index (χ4v) is 3.75. The van der Waals surface area contributed by atoms with Gasteiger partial charge in [0, 0.05) is 5.56 Å². The number of fused-ring (bicyclic) bond motifs is 1. The molecule has 2 aromatic carbocycles. The molecule has 5 nitrogen and oxygen atoms in total. The van der Waals surface area contributed by atoms with Crippen LogP contribution in [0.5, 0.6) is 0 Å². The van der Waals surface area contributed by atoms with Crippen molar-refractivity contribution >= 4 is 33.4 Å². The molecular formula is C19H18N2O3S. The summed E-state index contributed by atoms with van der Waals surface area (Å²) >= 11 is 1.32. The van der Waals surface area contributed by atoms with E-state index in [0.29, 0.717) is 16.8 Å². The summed E-state index contributed by atoms with van der Waals surface area (Å²) in [5, 5.41) is 9.57. The van der Waals surface area contributed by atoms with Crippen molar-refractivity contribution in [3.63, 3.8) is 0 Å². The Morgan fingerprint density at radius 2 is 1.84 bits per heavy atom. The van der Waals surface area contributed by atoms with E-state index in [-0.39, 0.29) is 5.91 Å². The molecule has 3 aromatic rings. The van der Waals surface area contributed by atoms with Gasteiger partial charge in [-0.2, -0.15) is 4.99 Å². The number of carboxylic acids is 1. The van der Waals surface area contributed by atoms with Gasteiger partial charge in [0.05, 0.1) is 10.2 Å². The van der Waals surface area contributed by atoms with Gasteiger partial charge in [0.1, 0.15) is 6.04 Å². The number of carbonyl (C=O) groups excluding carboxylic acids is 1. The molecule has 0 saturated carbocycles. The molecule has 0 aliphatic heterocycles. The van der Waals surface area contributed by atoms with Crippen LogP contribution >= 0.6 is 11.3 Å². The molecule has 0 bridgehead atoms. The van der Waals surface area contributed by atoms with Crippen LogP contribution in [0.3, 0.4) is 0 Å². The smallest absolute Gasteiger partial charge is 0.326 e. The van der Waals surface area contributed by atoms with Crippen molar-refractivity contribution in [2.45, 2.75) is 26.3 Å². The molecule has 1 heterocycles. The summed E-state index contributed by atoms with van der Waals surface area (Å²) in [5.74, 6) is -1.31. The highest BCUT2D eigenvalue weighted by atomic mass is 32.1. The van der Waals surface area contributed by atoms with Gasteiger partial charge >= 0.3 is 5.97 Å². The minimum Gasteiger partial charge on any atom is -0.480 e. The second kappa shape index (κ2) is 7.03. The van der Waals surface area contributed by atoms with Crippen molar-refractivity contribution in [1.29, 1.82) is 0 Å². The highest BCUT2D eigenvalue weighted by Gasteiger charge is 2.21. The van der Waals surface area contributed by atoms with Crippen molar-refractivity contribution in [3.05, 3.63) is 64.5 Å². The Morgan fingerprint density at radius 1 is 1.16 bits per heavy atom. The molecule has 0 fully saturated rings. The third kappa shape index (κ3) is 3.39. The number of hydrogen-bond acceptors (Lipinski definition) is 3. The van der Waals surface area contributed by atoms with Crippen LogP contribution < -0.4 is 4.80 Å². The minimum absolute atomic E-state index is 0.374. The first-order valence-electron chi connectivity index (χ1n) is 8.00. The van der Waals surface area contributed by atoms with E-state index in [1.807, 2.05) is 50.2 Å². The van der Waals surface area contributed by atoms with Crippen LogP contribution in [0.2, 0.25) is 0 Å². The number of nitrogens with zero attached hydrogens (tertiary/aromatic N) is 2. The number of rotatable bonds is 4. The van der Waals surface area contributed by atoms with Crippen molar-refractivity contribution in [2.75, 3.05) is 0 Å². The van der Waals surface area contributed by atoms with E-state index in [2.05, 4.69) is 4.99 Å². The Morgan fingerprint density at radius 3 is 2.48 bits per heavy atom. The van der Waals surface area contributed by atoms with Gasteiger partial charge in [-0.15, -0.1) is 0 Å². The molecule has 128 valence electrons. The number of thiazole rings is 1. The summed E-state index contributed by atoms with van der Waals surface area (Å²) in [6.07, 6.45) is 0.405. The average Bonchev–Trinajstić information content (AvgIpc) is 2.94. The molecule has 1 amide bonds. The number of para-hydroxylation sites is 1. The van der Waals surface area contributed by atoms with E-state index in [1.165, 1.54) is 11.3 Å². The number of carboxylic acid groups (broad SMARTS) is 1. The lowest BCUT2D eigenvalue weighted by Gasteiger charge is -2.13. The number of aromatic nitrogens is 1. The van der Waals surface area contributed by atoms with E-state index in [0.717, 1.165) is 15.8 Å². The van der Waals surface area contributed by atoms with E-state index >= 15 is 0 Å². The molecule has 1 atom stereocenters. The quantitative estimate of drug-likeness (QED) is 0.775. The normalized spacial score (nSPS) is 13.1. The monoisotopic (exact) mass is 354 g/mol. The standard InChI is InChI=1S/C19H18N2O3S/c1-3-14(18(23)24)21-15-6-4-5-7-16(15)25-19(21)20-17(22)13-10-8-12(2)9-11-13/h4-11,14H,3H2,1-2H3,(H,23,24)/b20-19-. The van der Waals surface area contributed by atoms with Crippen LogP contribution in [-0.2, 0) is 4.79 Å². The summed E-state index contributed by atoms with van der Waals surface area (Å²) < 4.78 is 2.55. The van der Waals surface area contributed by atoms with E-state index in [9.17, 15) is 14.7 Å². The zero-order chi connectivity index (χ0) is 18.0. The summed E-state index contributed by atoms with van der Waals surface area (Å²) in [6, 6.07) is 13.9. The molecule has 0 aliphatic rings. The summed E-state index contributed by atoms with van der Waals surface area (Å²) in [7, 11) is 0. The third-order valence-corrected chi connectivity index (χ3v) is 5.05. The largest absolute Gasteiger partial charge is 0.480 e. The first-order chi connectivity index (χ1) is 12.0. The molecule has 25 heavy (non-hydrogen) atoms. The van der Waals surface area contributed by atoms with Crippen molar-refractivity contribution in [2.24, 2.45) is 4.99 Å². The van der Waals surface area contributed by atoms with Gasteiger partial charge < -0.3 is 9.67 Å². The Labute approximate surface area is 148 Å². The zero-order valence-corrected chi connectivity index (χ0v) is 14.8. The fraction of sp³-hybridized carbons (Fsp3) is 0.211. The van der Waals surface area contributed by atoms with Gasteiger partial charge in [0.15, 0.2) is 4.80 Å². The first-order valence-corrected chi connectivity index (χ1v) is 8.81. The van der Waals surface area contributed by atoms with Gasteiger partial charge in [0.25, 0.3) is 5.91 Å². The van der Waals surface area contributed by atoms with Crippen molar-refractivity contribution < 1.29 is 14.7 Å². The van der Waals surface area contributed by atoms with Gasteiger partial charge in [-0.25, -0.2) is 4.79 Å². The number of hydrogen-bond donors (Lipinski definition) is 1. The lowest BCUT2D eigenvalue weighted by molar-refractivity contribution is -0.140. The number of amides is 1. The second-order valence-electron chi connectivity index (χ2n) is 5.77. The Hall–Kier alpha value is -2.73. The van der Waals surface area contributed by atoms with E-state index in [1.54, 1.807) is 16.7 Å². The van der Waals surface area contributed by atoms with Crippen molar-refractivity contribution in [3.8, 4) is 0 Å². The molecule has 1 aromatic heterocycles. The zero-order valence-electron chi connectivity index (χ0n) is 14.0. The maximum atomic E-state index is 12.5. The van der Waals surface area contributed by atoms with Gasteiger partial charge in [-0.05, 0) is 37.6 Å². The lowest BCUT2D eigenvalue weighted by atomic mass is 10.1. The van der Waals surface area contributed by atoms with Crippen LogP contribution in [0.15, 0.2) is 53.5 Å². The number of aliphatic carboxylic acids is 1. The average molecular weight is 354 g/mol. The van der Waals surface area contributed by atoms with Crippen LogP contribution in [0.1, 0.15) is 35.3 Å². The Kier molecular flexibility index (Phi) is 4.81. The molecule has 3 rings (SSSR count).